The van der Waals surface area contributed by atoms with Crippen LogP contribution >= 0.6 is 0 Å². The average Bonchev–Trinajstić information content (AvgIpc) is 2.35. The van der Waals surface area contributed by atoms with Gasteiger partial charge in [-0.15, -0.1) is 0 Å². The van der Waals surface area contributed by atoms with Gasteiger partial charge in [-0.2, -0.15) is 0 Å². The third-order valence-electron chi connectivity index (χ3n) is 2.26. The molecule has 0 spiro atoms. The molecule has 18 heavy (non-hydrogen) atoms. The van der Waals surface area contributed by atoms with Crippen LogP contribution < -0.4 is 10.6 Å². The lowest BCUT2D eigenvalue weighted by Crippen LogP contribution is -2.22. The maximum Gasteiger partial charge on any atom is 0.225 e. The first kappa shape index (κ1) is 14.5. The second-order valence-electron chi connectivity index (χ2n) is 3.77. The lowest BCUT2D eigenvalue weighted by molar-refractivity contribution is -0.116. The number of benzene rings is 1. The van der Waals surface area contributed by atoms with E-state index >= 15 is 0 Å². The molecule has 6 heteroatoms. The van der Waals surface area contributed by atoms with Gasteiger partial charge in [-0.1, -0.05) is 6.92 Å². The quantitative estimate of drug-likeness (QED) is 0.609. The molecule has 100 valence electrons. The van der Waals surface area contributed by atoms with E-state index in [1.807, 2.05) is 6.92 Å². The fraction of sp³-hybridized carbons (Fsp3) is 0.417. The van der Waals surface area contributed by atoms with Crippen molar-refractivity contribution in [2.45, 2.75) is 19.8 Å². The topological polar surface area (TPSA) is 41.1 Å². The van der Waals surface area contributed by atoms with Crippen LogP contribution in [0.5, 0.6) is 0 Å². The van der Waals surface area contributed by atoms with Crippen molar-refractivity contribution in [3.8, 4) is 0 Å². The normalized spacial score (nSPS) is 10.4. The van der Waals surface area contributed by atoms with Crippen molar-refractivity contribution in [1.29, 1.82) is 0 Å². The number of carbonyl (C=O) groups excluding carboxylic acids is 1. The van der Waals surface area contributed by atoms with E-state index in [1.165, 1.54) is 0 Å². The second kappa shape index (κ2) is 7.00. The fourth-order valence-electron chi connectivity index (χ4n) is 1.34. The summed E-state index contributed by atoms with van der Waals surface area (Å²) in [7, 11) is 0. The molecule has 1 amide bonds. The molecule has 0 aliphatic heterocycles. The molecular weight excluding hydrogens is 245 g/mol. The minimum absolute atomic E-state index is 0.137. The summed E-state index contributed by atoms with van der Waals surface area (Å²) >= 11 is 0. The Morgan fingerprint density at radius 1 is 1.17 bits per heavy atom. The van der Waals surface area contributed by atoms with Crippen molar-refractivity contribution in [2.24, 2.45) is 0 Å². The maximum absolute atomic E-state index is 13.2. The lowest BCUT2D eigenvalue weighted by Gasteiger charge is -2.07. The first-order valence-electron chi connectivity index (χ1n) is 5.70. The van der Waals surface area contributed by atoms with E-state index in [0.717, 1.165) is 25.1 Å². The second-order valence-corrected chi connectivity index (χ2v) is 3.77. The summed E-state index contributed by atoms with van der Waals surface area (Å²) in [5.74, 6) is -4.71. The highest BCUT2D eigenvalue weighted by Crippen LogP contribution is 2.19. The molecule has 1 aromatic carbocycles. The molecular formula is C12H15F3N2O. The molecule has 3 nitrogen and oxygen atoms in total. The predicted octanol–water partition coefficient (Wildman–Crippen LogP) is 2.43. The molecule has 1 rings (SSSR count). The summed E-state index contributed by atoms with van der Waals surface area (Å²) < 4.78 is 38.7. The third-order valence-corrected chi connectivity index (χ3v) is 2.26. The van der Waals surface area contributed by atoms with E-state index in [0.29, 0.717) is 6.54 Å². The largest absolute Gasteiger partial charge is 0.323 e. The number of hydrogen-bond acceptors (Lipinski definition) is 2. The van der Waals surface area contributed by atoms with Crippen molar-refractivity contribution in [2.75, 3.05) is 18.4 Å². The summed E-state index contributed by atoms with van der Waals surface area (Å²) in [6, 6.07) is 1.76. The molecule has 0 bridgehead atoms. The van der Waals surface area contributed by atoms with Gasteiger partial charge in [0.05, 0.1) is 5.69 Å². The minimum Gasteiger partial charge on any atom is -0.323 e. The molecule has 1 aromatic rings. The molecule has 2 N–H and O–H groups in total. The van der Waals surface area contributed by atoms with E-state index < -0.39 is 23.4 Å². The number of carbonyl (C=O) groups is 1. The molecule has 0 fully saturated rings. The molecule has 0 atom stereocenters. The Hall–Kier alpha value is -1.56. The zero-order valence-corrected chi connectivity index (χ0v) is 10.0. The van der Waals surface area contributed by atoms with Crippen LogP contribution in [-0.4, -0.2) is 19.0 Å². The monoisotopic (exact) mass is 260 g/mol. The summed E-state index contributed by atoms with van der Waals surface area (Å²) in [5.41, 5.74) is -0.352. The van der Waals surface area contributed by atoms with Gasteiger partial charge in [-0.05, 0) is 25.1 Å². The van der Waals surface area contributed by atoms with Crippen LogP contribution in [0.15, 0.2) is 12.1 Å². The van der Waals surface area contributed by atoms with Crippen molar-refractivity contribution in [3.05, 3.63) is 29.6 Å². The van der Waals surface area contributed by atoms with Gasteiger partial charge < -0.3 is 10.6 Å². The summed E-state index contributed by atoms with van der Waals surface area (Å²) in [6.45, 7) is 3.22. The molecule has 0 aromatic heterocycles. The van der Waals surface area contributed by atoms with Gasteiger partial charge in [-0.3, -0.25) is 4.79 Å². The Bertz CT molecular complexity index is 424. The van der Waals surface area contributed by atoms with Gasteiger partial charge in [0.1, 0.15) is 0 Å². The van der Waals surface area contributed by atoms with Gasteiger partial charge in [-0.25, -0.2) is 13.2 Å². The fourth-order valence-corrected chi connectivity index (χ4v) is 1.34. The lowest BCUT2D eigenvalue weighted by atomic mass is 10.2. The van der Waals surface area contributed by atoms with Gasteiger partial charge >= 0.3 is 0 Å². The van der Waals surface area contributed by atoms with Crippen LogP contribution in [0.3, 0.4) is 0 Å². The number of nitrogens with one attached hydrogen (secondary N) is 2. The number of anilines is 1. The molecule has 0 aliphatic carbocycles. The molecule has 0 radical (unpaired) electrons. The Morgan fingerprint density at radius 2 is 1.89 bits per heavy atom. The highest BCUT2D eigenvalue weighted by molar-refractivity contribution is 5.90. The zero-order valence-electron chi connectivity index (χ0n) is 10.0. The van der Waals surface area contributed by atoms with Gasteiger partial charge in [0.25, 0.3) is 0 Å². The Balaban J connectivity index is 2.52. The van der Waals surface area contributed by atoms with Crippen LogP contribution in [-0.2, 0) is 4.79 Å². The van der Waals surface area contributed by atoms with E-state index in [-0.39, 0.29) is 12.1 Å². The summed E-state index contributed by atoms with van der Waals surface area (Å²) in [6.07, 6.45) is 1.08. The van der Waals surface area contributed by atoms with E-state index in [4.69, 9.17) is 0 Å². The standard InChI is InChI=1S/C12H15F3N2O/c1-2-6-16-7-5-10(18)17-9-4-3-8(13)11(14)12(9)15/h3-4,16H,2,5-7H2,1H3,(H,17,18). The van der Waals surface area contributed by atoms with Crippen LogP contribution in [0.1, 0.15) is 19.8 Å². The smallest absolute Gasteiger partial charge is 0.225 e. The highest BCUT2D eigenvalue weighted by atomic mass is 19.2. The van der Waals surface area contributed by atoms with E-state index in [1.54, 1.807) is 0 Å². The summed E-state index contributed by atoms with van der Waals surface area (Å²) in [5, 5.41) is 5.19. The first-order valence-corrected chi connectivity index (χ1v) is 5.70. The van der Waals surface area contributed by atoms with Crippen LogP contribution in [0, 0.1) is 17.5 Å². The van der Waals surface area contributed by atoms with Crippen LogP contribution in [0.2, 0.25) is 0 Å². The predicted molar refractivity (Wildman–Crippen MR) is 62.7 cm³/mol. The van der Waals surface area contributed by atoms with Crippen molar-refractivity contribution in [3.63, 3.8) is 0 Å². The number of rotatable bonds is 6. The van der Waals surface area contributed by atoms with Gasteiger partial charge in [0, 0.05) is 13.0 Å². The first-order chi connectivity index (χ1) is 8.56. The number of halogens is 3. The van der Waals surface area contributed by atoms with Crippen LogP contribution in [0.25, 0.3) is 0 Å². The highest BCUT2D eigenvalue weighted by Gasteiger charge is 2.14. The third kappa shape index (κ3) is 4.03. The summed E-state index contributed by atoms with van der Waals surface area (Å²) in [4.78, 5) is 11.4. The Morgan fingerprint density at radius 3 is 2.56 bits per heavy atom. The molecule has 0 heterocycles. The van der Waals surface area contributed by atoms with Crippen molar-refractivity contribution >= 4 is 11.6 Å². The zero-order chi connectivity index (χ0) is 13.5. The van der Waals surface area contributed by atoms with E-state index in [9.17, 15) is 18.0 Å². The molecule has 0 saturated carbocycles. The van der Waals surface area contributed by atoms with E-state index in [2.05, 4.69) is 10.6 Å². The van der Waals surface area contributed by atoms with Crippen LogP contribution in [0.4, 0.5) is 18.9 Å². The van der Waals surface area contributed by atoms with Crippen molar-refractivity contribution in [1.82, 2.24) is 5.32 Å². The molecule has 0 unspecified atom stereocenters. The number of hydrogen-bond donors (Lipinski definition) is 2. The molecule has 0 saturated heterocycles. The number of amides is 1. The SMILES string of the molecule is CCCNCCC(=O)Nc1ccc(F)c(F)c1F. The Kier molecular flexibility index (Phi) is 5.64. The minimum atomic E-state index is -1.59. The molecule has 0 aliphatic rings. The van der Waals surface area contributed by atoms with Crippen molar-refractivity contribution < 1.29 is 18.0 Å². The van der Waals surface area contributed by atoms with Gasteiger partial charge in [0.15, 0.2) is 17.5 Å². The van der Waals surface area contributed by atoms with Gasteiger partial charge in [0.2, 0.25) is 5.91 Å². The average molecular weight is 260 g/mol. The Labute approximate surface area is 103 Å². The maximum atomic E-state index is 13.2.